The zero-order valence-electron chi connectivity index (χ0n) is 7.89. The first-order valence-electron chi connectivity index (χ1n) is 4.36. The van der Waals surface area contributed by atoms with E-state index in [1.54, 1.807) is 6.20 Å². The normalized spacial score (nSPS) is 11.4. The van der Waals surface area contributed by atoms with Crippen LogP contribution >= 0.6 is 11.6 Å². The summed E-state index contributed by atoms with van der Waals surface area (Å²) in [5.41, 5.74) is 2.08. The Morgan fingerprint density at radius 3 is 2.64 bits per heavy atom. The second-order valence-corrected chi connectivity index (χ2v) is 3.85. The highest BCUT2D eigenvalue weighted by molar-refractivity contribution is 6.33. The predicted octanol–water partition coefficient (Wildman–Crippen LogP) is 2.03. The lowest BCUT2D eigenvalue weighted by Crippen LogP contribution is -1.99. The largest absolute Gasteiger partial charge is 0.323 e. The van der Waals surface area contributed by atoms with E-state index >= 15 is 0 Å². The first-order valence-corrected chi connectivity index (χ1v) is 4.73. The van der Waals surface area contributed by atoms with E-state index in [2.05, 4.69) is 15.0 Å². The summed E-state index contributed by atoms with van der Waals surface area (Å²) in [5, 5.41) is 0.322. The second-order valence-electron chi connectivity index (χ2n) is 3.49. The third-order valence-electron chi connectivity index (χ3n) is 2.16. The van der Waals surface area contributed by atoms with Crippen LogP contribution in [0.2, 0.25) is 5.15 Å². The zero-order valence-corrected chi connectivity index (χ0v) is 8.64. The van der Waals surface area contributed by atoms with Crippen LogP contribution in [0, 0.1) is 0 Å². The lowest BCUT2D eigenvalue weighted by molar-refractivity contribution is 0.866. The SMILES string of the molecule is CC(C)c1cnc(Cl)c2[nH]c(=O)[nH]c12. The number of pyridine rings is 1. The Morgan fingerprint density at radius 1 is 1.36 bits per heavy atom. The molecule has 74 valence electrons. The summed E-state index contributed by atoms with van der Waals surface area (Å²) in [6.07, 6.45) is 1.69. The highest BCUT2D eigenvalue weighted by Crippen LogP contribution is 2.24. The van der Waals surface area contributed by atoms with Crippen molar-refractivity contribution in [3.63, 3.8) is 0 Å². The number of hydrogen-bond acceptors (Lipinski definition) is 2. The highest BCUT2D eigenvalue weighted by Gasteiger charge is 2.11. The van der Waals surface area contributed by atoms with E-state index in [-0.39, 0.29) is 5.69 Å². The molecule has 0 unspecified atom stereocenters. The topological polar surface area (TPSA) is 61.5 Å². The number of aromatic nitrogens is 3. The van der Waals surface area contributed by atoms with Crippen molar-refractivity contribution in [3.8, 4) is 0 Å². The summed E-state index contributed by atoms with van der Waals surface area (Å²) in [6.45, 7) is 4.07. The Bertz CT molecular complexity index is 526. The van der Waals surface area contributed by atoms with Crippen molar-refractivity contribution in [2.75, 3.05) is 0 Å². The third-order valence-corrected chi connectivity index (χ3v) is 2.45. The van der Waals surface area contributed by atoms with Gasteiger partial charge in [0.1, 0.15) is 5.52 Å². The predicted molar refractivity (Wildman–Crippen MR) is 55.8 cm³/mol. The number of hydrogen-bond donors (Lipinski definition) is 2. The Labute approximate surface area is 85.3 Å². The average molecular weight is 212 g/mol. The van der Waals surface area contributed by atoms with Crippen molar-refractivity contribution in [2.24, 2.45) is 0 Å². The number of nitrogens with one attached hydrogen (secondary N) is 2. The van der Waals surface area contributed by atoms with E-state index in [4.69, 9.17) is 11.6 Å². The summed E-state index contributed by atoms with van der Waals surface area (Å²) in [4.78, 5) is 20.5. The van der Waals surface area contributed by atoms with Crippen molar-refractivity contribution < 1.29 is 0 Å². The van der Waals surface area contributed by atoms with Crippen LogP contribution < -0.4 is 5.69 Å². The molecule has 4 nitrogen and oxygen atoms in total. The van der Waals surface area contributed by atoms with E-state index in [0.717, 1.165) is 11.1 Å². The number of aromatic amines is 2. The van der Waals surface area contributed by atoms with Gasteiger partial charge in [-0.05, 0) is 11.5 Å². The molecule has 0 fully saturated rings. The van der Waals surface area contributed by atoms with Gasteiger partial charge >= 0.3 is 5.69 Å². The van der Waals surface area contributed by atoms with Gasteiger partial charge in [0, 0.05) is 6.20 Å². The van der Waals surface area contributed by atoms with E-state index in [0.29, 0.717) is 16.6 Å². The molecule has 2 N–H and O–H groups in total. The van der Waals surface area contributed by atoms with Gasteiger partial charge in [-0.15, -0.1) is 0 Å². The van der Waals surface area contributed by atoms with Crippen LogP contribution in [-0.4, -0.2) is 15.0 Å². The summed E-state index contributed by atoms with van der Waals surface area (Å²) in [7, 11) is 0. The van der Waals surface area contributed by atoms with Crippen molar-refractivity contribution in [1.82, 2.24) is 15.0 Å². The summed E-state index contributed by atoms with van der Waals surface area (Å²) >= 11 is 5.85. The van der Waals surface area contributed by atoms with Crippen LogP contribution in [-0.2, 0) is 0 Å². The van der Waals surface area contributed by atoms with Crippen molar-refractivity contribution in [2.45, 2.75) is 19.8 Å². The fraction of sp³-hybridized carbons (Fsp3) is 0.333. The monoisotopic (exact) mass is 211 g/mol. The van der Waals surface area contributed by atoms with E-state index < -0.39 is 0 Å². The molecule has 0 bridgehead atoms. The molecule has 0 atom stereocenters. The molecule has 0 amide bonds. The minimum Gasteiger partial charge on any atom is -0.305 e. The number of H-pyrrole nitrogens is 2. The van der Waals surface area contributed by atoms with Gasteiger partial charge in [-0.3, -0.25) is 0 Å². The van der Waals surface area contributed by atoms with Crippen molar-refractivity contribution in [3.05, 3.63) is 27.4 Å². The van der Waals surface area contributed by atoms with E-state index in [9.17, 15) is 4.79 Å². The van der Waals surface area contributed by atoms with Gasteiger partial charge in [-0.2, -0.15) is 0 Å². The van der Waals surface area contributed by atoms with Crippen LogP contribution in [0.4, 0.5) is 0 Å². The minimum absolute atomic E-state index is 0.253. The number of fused-ring (bicyclic) bond motifs is 1. The smallest absolute Gasteiger partial charge is 0.305 e. The van der Waals surface area contributed by atoms with Gasteiger partial charge in [0.05, 0.1) is 5.52 Å². The first-order chi connectivity index (χ1) is 6.59. The highest BCUT2D eigenvalue weighted by atomic mass is 35.5. The molecule has 2 aromatic rings. The fourth-order valence-corrected chi connectivity index (χ4v) is 1.64. The van der Waals surface area contributed by atoms with E-state index in [1.165, 1.54) is 0 Å². The second kappa shape index (κ2) is 3.13. The van der Waals surface area contributed by atoms with Gasteiger partial charge in [0.2, 0.25) is 0 Å². The lowest BCUT2D eigenvalue weighted by atomic mass is 10.0. The molecule has 5 heteroatoms. The van der Waals surface area contributed by atoms with Crippen molar-refractivity contribution in [1.29, 1.82) is 0 Å². The molecule has 0 saturated heterocycles. The Morgan fingerprint density at radius 2 is 2.00 bits per heavy atom. The van der Waals surface area contributed by atoms with Gasteiger partial charge in [-0.25, -0.2) is 9.78 Å². The molecule has 0 aliphatic heterocycles. The molecular formula is C9H10ClN3O. The molecule has 2 rings (SSSR count). The van der Waals surface area contributed by atoms with E-state index in [1.807, 2.05) is 13.8 Å². The quantitative estimate of drug-likeness (QED) is 0.709. The van der Waals surface area contributed by atoms with Gasteiger partial charge < -0.3 is 9.97 Å². The van der Waals surface area contributed by atoms with Gasteiger partial charge in [-0.1, -0.05) is 25.4 Å². The summed E-state index contributed by atoms with van der Waals surface area (Å²) < 4.78 is 0. The summed E-state index contributed by atoms with van der Waals surface area (Å²) in [5.74, 6) is 0.300. The minimum atomic E-state index is -0.253. The lowest BCUT2D eigenvalue weighted by Gasteiger charge is -2.05. The standard InChI is InChI=1S/C9H10ClN3O/c1-4(2)5-3-11-8(10)7-6(5)12-9(14)13-7/h3-4H,1-2H3,(H2,12,13,14). The van der Waals surface area contributed by atoms with Crippen LogP contribution in [0.1, 0.15) is 25.3 Å². The molecular weight excluding hydrogens is 202 g/mol. The van der Waals surface area contributed by atoms with Crippen LogP contribution in [0.5, 0.6) is 0 Å². The number of halogens is 1. The molecule has 2 heterocycles. The Balaban J connectivity index is 2.87. The Kier molecular flexibility index (Phi) is 2.07. The fourth-order valence-electron chi connectivity index (χ4n) is 1.45. The van der Waals surface area contributed by atoms with Crippen molar-refractivity contribution >= 4 is 22.6 Å². The van der Waals surface area contributed by atoms with Gasteiger partial charge in [0.25, 0.3) is 0 Å². The molecule has 0 saturated carbocycles. The van der Waals surface area contributed by atoms with Crippen LogP contribution in [0.3, 0.4) is 0 Å². The molecule has 2 aromatic heterocycles. The molecule has 0 spiro atoms. The molecule has 0 aromatic carbocycles. The molecule has 0 aliphatic rings. The molecule has 14 heavy (non-hydrogen) atoms. The third kappa shape index (κ3) is 1.32. The maximum absolute atomic E-state index is 11.1. The molecule has 0 aliphatic carbocycles. The molecule has 0 radical (unpaired) electrons. The maximum Gasteiger partial charge on any atom is 0.323 e. The average Bonchev–Trinajstić information content (AvgIpc) is 2.47. The van der Waals surface area contributed by atoms with Crippen LogP contribution in [0.15, 0.2) is 11.0 Å². The number of nitrogens with zero attached hydrogens (tertiary/aromatic N) is 1. The number of rotatable bonds is 1. The van der Waals surface area contributed by atoms with Gasteiger partial charge in [0.15, 0.2) is 5.15 Å². The summed E-state index contributed by atoms with van der Waals surface area (Å²) in [6, 6.07) is 0. The maximum atomic E-state index is 11.1. The first kappa shape index (κ1) is 9.27. The Hall–Kier alpha value is -1.29. The number of imidazole rings is 1. The zero-order chi connectivity index (χ0) is 10.3. The van der Waals surface area contributed by atoms with Crippen LogP contribution in [0.25, 0.3) is 11.0 Å².